The van der Waals surface area contributed by atoms with Crippen LogP contribution in [0.1, 0.15) is 0 Å². The van der Waals surface area contributed by atoms with Crippen molar-refractivity contribution in [2.75, 3.05) is 0 Å². The SMILES string of the molecule is O=[N+]([O-])c1c(-c2cc(Cl)cc(Cl)c2Cl)ccnc1-c1cc(Cl)cc(Cl)c1Cl. The van der Waals surface area contributed by atoms with Gasteiger partial charge in [-0.15, -0.1) is 0 Å². The summed E-state index contributed by atoms with van der Waals surface area (Å²) >= 11 is 36.7. The highest BCUT2D eigenvalue weighted by Gasteiger charge is 2.27. The fraction of sp³-hybridized carbons (Fsp3) is 0. The van der Waals surface area contributed by atoms with Gasteiger partial charge >= 0.3 is 5.69 Å². The number of nitrogens with zero attached hydrogens (tertiary/aromatic N) is 2. The Morgan fingerprint density at radius 2 is 1.30 bits per heavy atom. The van der Waals surface area contributed by atoms with Crippen molar-refractivity contribution in [2.45, 2.75) is 0 Å². The lowest BCUT2D eigenvalue weighted by Gasteiger charge is -2.12. The molecule has 10 heteroatoms. The molecule has 138 valence electrons. The van der Waals surface area contributed by atoms with Crippen LogP contribution in [0.5, 0.6) is 0 Å². The first kappa shape index (κ1) is 20.5. The van der Waals surface area contributed by atoms with Crippen molar-refractivity contribution in [2.24, 2.45) is 0 Å². The molecule has 0 aliphatic rings. The van der Waals surface area contributed by atoms with E-state index in [2.05, 4.69) is 4.98 Å². The monoisotopic (exact) mass is 480 g/mol. The van der Waals surface area contributed by atoms with E-state index in [0.717, 1.165) is 0 Å². The zero-order valence-electron chi connectivity index (χ0n) is 12.9. The number of rotatable bonds is 3. The van der Waals surface area contributed by atoms with E-state index in [0.29, 0.717) is 0 Å². The van der Waals surface area contributed by atoms with Gasteiger partial charge in [0.15, 0.2) is 0 Å². The summed E-state index contributed by atoms with van der Waals surface area (Å²) in [6.07, 6.45) is 1.38. The number of hydrogen-bond donors (Lipinski definition) is 0. The van der Waals surface area contributed by atoms with Gasteiger partial charge in [0.05, 0.1) is 30.6 Å². The van der Waals surface area contributed by atoms with Crippen molar-refractivity contribution >= 4 is 75.3 Å². The topological polar surface area (TPSA) is 56.0 Å². The molecule has 0 saturated carbocycles. The van der Waals surface area contributed by atoms with Crippen LogP contribution < -0.4 is 0 Å². The first-order valence-corrected chi connectivity index (χ1v) is 9.40. The average Bonchev–Trinajstić information content (AvgIpc) is 2.60. The third kappa shape index (κ3) is 3.97. The second-order valence-corrected chi connectivity index (χ2v) is 7.75. The molecule has 3 rings (SSSR count). The fourth-order valence-electron chi connectivity index (χ4n) is 2.53. The molecule has 0 spiro atoms. The van der Waals surface area contributed by atoms with Crippen LogP contribution >= 0.6 is 69.6 Å². The van der Waals surface area contributed by atoms with Gasteiger partial charge in [0, 0.05) is 27.4 Å². The number of benzene rings is 2. The molecular weight excluding hydrogens is 477 g/mol. The van der Waals surface area contributed by atoms with Gasteiger partial charge in [-0.3, -0.25) is 10.1 Å². The quantitative estimate of drug-likeness (QED) is 0.214. The van der Waals surface area contributed by atoms with E-state index in [-0.39, 0.29) is 58.2 Å². The van der Waals surface area contributed by atoms with E-state index < -0.39 is 4.92 Å². The van der Waals surface area contributed by atoms with Crippen molar-refractivity contribution in [1.29, 1.82) is 0 Å². The number of aromatic nitrogens is 1. The molecule has 0 saturated heterocycles. The molecule has 27 heavy (non-hydrogen) atoms. The summed E-state index contributed by atoms with van der Waals surface area (Å²) in [4.78, 5) is 15.4. The summed E-state index contributed by atoms with van der Waals surface area (Å²) in [5, 5.41) is 12.9. The zero-order chi connectivity index (χ0) is 19.9. The summed E-state index contributed by atoms with van der Waals surface area (Å²) in [6, 6.07) is 7.24. The number of hydrogen-bond acceptors (Lipinski definition) is 3. The van der Waals surface area contributed by atoms with Gasteiger partial charge in [-0.2, -0.15) is 0 Å². The highest BCUT2D eigenvalue weighted by Crippen LogP contribution is 2.45. The maximum atomic E-state index is 11.9. The van der Waals surface area contributed by atoms with E-state index >= 15 is 0 Å². The van der Waals surface area contributed by atoms with E-state index in [1.807, 2.05) is 0 Å². The fourth-order valence-corrected chi connectivity index (χ4v) is 3.93. The van der Waals surface area contributed by atoms with Crippen LogP contribution in [0.25, 0.3) is 22.4 Å². The smallest absolute Gasteiger partial charge is 0.258 e. The van der Waals surface area contributed by atoms with Crippen LogP contribution in [0.3, 0.4) is 0 Å². The van der Waals surface area contributed by atoms with Crippen molar-refractivity contribution in [3.05, 3.63) is 76.8 Å². The van der Waals surface area contributed by atoms with E-state index in [1.54, 1.807) is 0 Å². The second kappa shape index (κ2) is 8.00. The van der Waals surface area contributed by atoms with Crippen LogP contribution in [0.4, 0.5) is 5.69 Å². The Bertz CT molecular complexity index is 1010. The lowest BCUT2D eigenvalue weighted by molar-refractivity contribution is -0.383. The second-order valence-electron chi connectivity index (χ2n) is 5.31. The van der Waals surface area contributed by atoms with Gasteiger partial charge in [0.2, 0.25) is 0 Å². The molecule has 3 aromatic rings. The molecule has 1 heterocycles. The van der Waals surface area contributed by atoms with Gasteiger partial charge in [-0.1, -0.05) is 69.6 Å². The van der Waals surface area contributed by atoms with Crippen molar-refractivity contribution in [3.8, 4) is 22.4 Å². The van der Waals surface area contributed by atoms with Crippen molar-refractivity contribution in [1.82, 2.24) is 4.98 Å². The normalized spacial score (nSPS) is 10.9. The summed E-state index contributed by atoms with van der Waals surface area (Å²) in [6.45, 7) is 0. The van der Waals surface area contributed by atoms with Crippen LogP contribution in [-0.2, 0) is 0 Å². The van der Waals surface area contributed by atoms with Crippen LogP contribution in [0.15, 0.2) is 36.5 Å². The Kier molecular flexibility index (Phi) is 6.06. The van der Waals surface area contributed by atoms with E-state index in [9.17, 15) is 10.1 Å². The molecule has 4 nitrogen and oxygen atoms in total. The maximum Gasteiger partial charge on any atom is 0.303 e. The van der Waals surface area contributed by atoms with E-state index in [1.165, 1.54) is 36.5 Å². The molecule has 0 bridgehead atoms. The predicted octanol–water partition coefficient (Wildman–Crippen LogP) is 8.24. The van der Waals surface area contributed by atoms with E-state index in [4.69, 9.17) is 69.6 Å². The highest BCUT2D eigenvalue weighted by molar-refractivity contribution is 6.46. The highest BCUT2D eigenvalue weighted by atomic mass is 35.5. The van der Waals surface area contributed by atoms with Crippen molar-refractivity contribution < 1.29 is 4.92 Å². The molecule has 0 unspecified atom stereocenters. The van der Waals surface area contributed by atoms with Gasteiger partial charge in [0.1, 0.15) is 5.69 Å². The third-order valence-electron chi connectivity index (χ3n) is 3.64. The van der Waals surface area contributed by atoms with Gasteiger partial charge < -0.3 is 0 Å². The lowest BCUT2D eigenvalue weighted by atomic mass is 10.0. The zero-order valence-corrected chi connectivity index (χ0v) is 17.5. The molecule has 0 aliphatic heterocycles. The molecule has 0 radical (unpaired) electrons. The summed E-state index contributed by atoms with van der Waals surface area (Å²) in [5.74, 6) is 0. The minimum Gasteiger partial charge on any atom is -0.258 e. The lowest BCUT2D eigenvalue weighted by Crippen LogP contribution is -1.99. The first-order valence-electron chi connectivity index (χ1n) is 7.14. The Hall–Kier alpha value is -1.27. The van der Waals surface area contributed by atoms with Crippen molar-refractivity contribution in [3.63, 3.8) is 0 Å². The molecule has 0 amide bonds. The minimum atomic E-state index is -0.589. The third-order valence-corrected chi connectivity index (χ3v) is 5.68. The van der Waals surface area contributed by atoms with Crippen LogP contribution in [0, 0.1) is 10.1 Å². The number of pyridine rings is 1. The Balaban J connectivity index is 2.39. The molecule has 0 N–H and O–H groups in total. The maximum absolute atomic E-state index is 11.9. The van der Waals surface area contributed by atoms with Gasteiger partial charge in [0.25, 0.3) is 0 Å². The molecule has 1 aromatic heterocycles. The Morgan fingerprint density at radius 1 is 0.778 bits per heavy atom. The Labute approximate surface area is 183 Å². The molecule has 2 aromatic carbocycles. The Morgan fingerprint density at radius 3 is 1.85 bits per heavy atom. The molecule has 0 atom stereocenters. The number of nitro groups is 1. The average molecular weight is 483 g/mol. The summed E-state index contributed by atoms with van der Waals surface area (Å²) in [7, 11) is 0. The van der Waals surface area contributed by atoms with Gasteiger partial charge in [-0.05, 0) is 30.3 Å². The largest absolute Gasteiger partial charge is 0.303 e. The molecule has 0 fully saturated rings. The summed E-state index contributed by atoms with van der Waals surface area (Å²) < 4.78 is 0. The van der Waals surface area contributed by atoms with Gasteiger partial charge in [-0.25, -0.2) is 4.98 Å². The molecular formula is C17H6Cl6N2O2. The van der Waals surface area contributed by atoms with Crippen LogP contribution in [-0.4, -0.2) is 9.91 Å². The standard InChI is InChI=1S/C17H6Cl6N2O2/c18-7-3-10(14(22)12(20)5-7)9-1-2-24-16(17(9)25(26)27)11-4-8(19)6-13(21)15(11)23/h1-6H. The first-order chi connectivity index (χ1) is 12.7. The minimum absolute atomic E-state index is 0.0148. The summed E-state index contributed by atoms with van der Waals surface area (Å²) in [5.41, 5.74) is 0.323. The number of halogens is 6. The molecule has 0 aliphatic carbocycles. The van der Waals surface area contributed by atoms with Crippen LogP contribution in [0.2, 0.25) is 30.1 Å². The predicted molar refractivity (Wildman–Crippen MR) is 112 cm³/mol.